The highest BCUT2D eigenvalue weighted by molar-refractivity contribution is 7.22. The number of hydrogen-bond acceptors (Lipinski definition) is 8. The Morgan fingerprint density at radius 3 is 2.68 bits per heavy atom. The molecule has 34 heavy (non-hydrogen) atoms. The van der Waals surface area contributed by atoms with Crippen molar-refractivity contribution in [1.82, 2.24) is 9.97 Å². The van der Waals surface area contributed by atoms with Gasteiger partial charge in [0.1, 0.15) is 5.82 Å². The number of nitrogens with two attached hydrogens (primary N) is 1. The Morgan fingerprint density at radius 1 is 1.18 bits per heavy atom. The van der Waals surface area contributed by atoms with Crippen LogP contribution in [0.2, 0.25) is 0 Å². The van der Waals surface area contributed by atoms with E-state index in [1.165, 1.54) is 23.5 Å². The van der Waals surface area contributed by atoms with Gasteiger partial charge in [-0.2, -0.15) is 4.98 Å². The van der Waals surface area contributed by atoms with Crippen LogP contribution < -0.4 is 20.9 Å². The van der Waals surface area contributed by atoms with Crippen molar-refractivity contribution < 1.29 is 13.9 Å². The minimum atomic E-state index is -0.438. The van der Waals surface area contributed by atoms with Crippen molar-refractivity contribution in [3.05, 3.63) is 41.8 Å². The van der Waals surface area contributed by atoms with E-state index in [4.69, 9.17) is 10.5 Å². The number of nitrogens with one attached hydrogen (secondary N) is 1. The van der Waals surface area contributed by atoms with Crippen LogP contribution >= 0.6 is 23.7 Å². The number of rotatable bonds is 5. The lowest BCUT2D eigenvalue weighted by atomic mass is 9.96. The number of nitrogens with zero attached hydrogens (tertiary/aromatic N) is 4. The number of morpholine rings is 1. The molecule has 0 unspecified atom stereocenters. The van der Waals surface area contributed by atoms with Crippen LogP contribution in [0.3, 0.4) is 0 Å². The van der Waals surface area contributed by atoms with E-state index in [2.05, 4.69) is 25.1 Å². The van der Waals surface area contributed by atoms with Gasteiger partial charge in [-0.3, -0.25) is 4.79 Å². The van der Waals surface area contributed by atoms with Gasteiger partial charge in [-0.15, -0.1) is 12.4 Å². The number of fused-ring (bicyclic) bond motifs is 1. The number of anilines is 3. The van der Waals surface area contributed by atoms with Gasteiger partial charge in [0, 0.05) is 31.9 Å². The minimum absolute atomic E-state index is 0. The molecule has 2 aliphatic rings. The van der Waals surface area contributed by atoms with Gasteiger partial charge in [0.05, 0.1) is 35.4 Å². The minimum Gasteiger partial charge on any atom is -0.378 e. The molecule has 1 amide bonds. The molecule has 0 atom stereocenters. The Kier molecular flexibility index (Phi) is 7.82. The number of carbonyl (C=O) groups excluding carboxylic acids is 1. The smallest absolute Gasteiger partial charge is 0.257 e. The van der Waals surface area contributed by atoms with Crippen molar-refractivity contribution in [1.29, 1.82) is 0 Å². The fraction of sp³-hybridized carbons (Fsp3) is 0.435. The largest absolute Gasteiger partial charge is 0.378 e. The third-order valence-electron chi connectivity index (χ3n) is 6.27. The molecule has 2 saturated heterocycles. The molecule has 0 radical (unpaired) electrons. The number of carbonyl (C=O) groups is 1. The summed E-state index contributed by atoms with van der Waals surface area (Å²) in [6, 6.07) is 6.26. The zero-order chi connectivity index (χ0) is 22.8. The van der Waals surface area contributed by atoms with E-state index in [9.17, 15) is 9.18 Å². The van der Waals surface area contributed by atoms with Crippen molar-refractivity contribution in [3.63, 3.8) is 0 Å². The van der Waals surface area contributed by atoms with Crippen LogP contribution in [0.4, 0.5) is 20.9 Å². The van der Waals surface area contributed by atoms with E-state index in [0.29, 0.717) is 42.6 Å². The highest BCUT2D eigenvalue weighted by atomic mass is 35.5. The second-order valence-electron chi connectivity index (χ2n) is 8.42. The van der Waals surface area contributed by atoms with Gasteiger partial charge in [-0.1, -0.05) is 11.3 Å². The van der Waals surface area contributed by atoms with Crippen LogP contribution in [0, 0.1) is 11.7 Å². The standard InChI is InChI=1S/C23H27FN6O2S.ClH/c24-16-1-2-19(29-5-3-15(13-25)4-6-29)18(11-16)22(31)27-17-12-20-21(26-14-17)28-23(33-20)30-7-9-32-10-8-30;/h1-2,11-12,14-15H,3-10,13,25H2,(H,27,31);1H. The number of piperidine rings is 1. The van der Waals surface area contributed by atoms with Crippen LogP contribution in [0.25, 0.3) is 10.3 Å². The predicted molar refractivity (Wildman–Crippen MR) is 136 cm³/mol. The molecule has 4 heterocycles. The van der Waals surface area contributed by atoms with Gasteiger partial charge in [-0.25, -0.2) is 9.37 Å². The molecule has 5 rings (SSSR count). The summed E-state index contributed by atoms with van der Waals surface area (Å²) in [7, 11) is 0. The lowest BCUT2D eigenvalue weighted by Gasteiger charge is -2.34. The maximum absolute atomic E-state index is 14.1. The summed E-state index contributed by atoms with van der Waals surface area (Å²) in [4.78, 5) is 26.5. The van der Waals surface area contributed by atoms with E-state index in [-0.39, 0.29) is 18.3 Å². The van der Waals surface area contributed by atoms with Crippen molar-refractivity contribution in [3.8, 4) is 0 Å². The Hall–Kier alpha value is -2.53. The van der Waals surface area contributed by atoms with Crippen molar-refractivity contribution in [2.75, 3.05) is 61.1 Å². The Bertz CT molecular complexity index is 1150. The Morgan fingerprint density at radius 2 is 1.94 bits per heavy atom. The molecule has 2 aromatic heterocycles. The average molecular weight is 507 g/mol. The molecule has 11 heteroatoms. The molecule has 0 bridgehead atoms. The van der Waals surface area contributed by atoms with E-state index >= 15 is 0 Å². The zero-order valence-corrected chi connectivity index (χ0v) is 20.3. The molecule has 1 aromatic carbocycles. The molecular formula is C23H28ClFN6O2S. The third kappa shape index (κ3) is 5.25. The number of aromatic nitrogens is 2. The number of pyridine rings is 1. The summed E-state index contributed by atoms with van der Waals surface area (Å²) in [6.45, 7) is 5.24. The molecular weight excluding hydrogens is 479 g/mol. The highest BCUT2D eigenvalue weighted by Crippen LogP contribution is 2.31. The molecule has 2 aliphatic heterocycles. The quantitative estimate of drug-likeness (QED) is 0.546. The number of halogens is 2. The molecule has 182 valence electrons. The zero-order valence-electron chi connectivity index (χ0n) is 18.7. The maximum atomic E-state index is 14.1. The fourth-order valence-electron chi connectivity index (χ4n) is 4.34. The van der Waals surface area contributed by atoms with Crippen LogP contribution in [0.5, 0.6) is 0 Å². The van der Waals surface area contributed by atoms with Gasteiger partial charge in [0.15, 0.2) is 10.8 Å². The summed E-state index contributed by atoms with van der Waals surface area (Å²) in [5.41, 5.74) is 8.07. The monoisotopic (exact) mass is 506 g/mol. The topological polar surface area (TPSA) is 96.6 Å². The summed E-state index contributed by atoms with van der Waals surface area (Å²) in [6.07, 6.45) is 3.52. The first-order valence-electron chi connectivity index (χ1n) is 11.3. The molecule has 3 aromatic rings. The second-order valence-corrected chi connectivity index (χ2v) is 9.43. The third-order valence-corrected chi connectivity index (χ3v) is 7.32. The number of amides is 1. The summed E-state index contributed by atoms with van der Waals surface area (Å²) >= 11 is 1.54. The van der Waals surface area contributed by atoms with Crippen molar-refractivity contribution in [2.45, 2.75) is 12.8 Å². The summed E-state index contributed by atoms with van der Waals surface area (Å²) in [5, 5.41) is 3.80. The first-order valence-corrected chi connectivity index (χ1v) is 12.1. The van der Waals surface area contributed by atoms with Gasteiger partial charge in [0.25, 0.3) is 5.91 Å². The lowest BCUT2D eigenvalue weighted by Crippen LogP contribution is -2.37. The number of thiazole rings is 1. The maximum Gasteiger partial charge on any atom is 0.257 e. The van der Waals surface area contributed by atoms with Gasteiger partial charge in [-0.05, 0) is 49.6 Å². The number of benzene rings is 1. The Balaban J connectivity index is 0.00000274. The highest BCUT2D eigenvalue weighted by Gasteiger charge is 2.23. The SMILES string of the molecule is Cl.NCC1CCN(c2ccc(F)cc2C(=O)Nc2cnc3nc(N4CCOCC4)sc3c2)CC1. The lowest BCUT2D eigenvalue weighted by molar-refractivity contribution is 0.102. The van der Waals surface area contributed by atoms with Crippen LogP contribution in [-0.2, 0) is 4.74 Å². The van der Waals surface area contributed by atoms with E-state index in [0.717, 1.165) is 54.5 Å². The van der Waals surface area contributed by atoms with Crippen LogP contribution in [0.15, 0.2) is 30.5 Å². The fourth-order valence-corrected chi connectivity index (χ4v) is 5.36. The normalized spacial score (nSPS) is 17.0. The summed E-state index contributed by atoms with van der Waals surface area (Å²) in [5.74, 6) is -0.296. The van der Waals surface area contributed by atoms with Crippen molar-refractivity contribution >= 4 is 56.5 Å². The first kappa shape index (κ1) is 24.6. The van der Waals surface area contributed by atoms with Crippen LogP contribution in [0.1, 0.15) is 23.2 Å². The molecule has 2 fully saturated rings. The van der Waals surface area contributed by atoms with Gasteiger partial charge in [0.2, 0.25) is 0 Å². The Labute approximate surface area is 207 Å². The van der Waals surface area contributed by atoms with E-state index in [1.54, 1.807) is 12.3 Å². The molecule has 3 N–H and O–H groups in total. The van der Waals surface area contributed by atoms with E-state index < -0.39 is 5.82 Å². The molecule has 8 nitrogen and oxygen atoms in total. The van der Waals surface area contributed by atoms with Gasteiger partial charge < -0.3 is 25.6 Å². The second kappa shape index (κ2) is 10.8. The van der Waals surface area contributed by atoms with Crippen molar-refractivity contribution in [2.24, 2.45) is 11.7 Å². The van der Waals surface area contributed by atoms with Crippen LogP contribution in [-0.4, -0.2) is 61.8 Å². The predicted octanol–water partition coefficient (Wildman–Crippen LogP) is 3.52. The molecule has 0 spiro atoms. The molecule has 0 aliphatic carbocycles. The molecule has 0 saturated carbocycles. The van der Waals surface area contributed by atoms with E-state index in [1.807, 2.05) is 6.07 Å². The first-order chi connectivity index (χ1) is 16.1. The number of ether oxygens (including phenoxy) is 1. The summed E-state index contributed by atoms with van der Waals surface area (Å²) < 4.78 is 20.4. The average Bonchev–Trinajstić information content (AvgIpc) is 3.28. The van der Waals surface area contributed by atoms with Gasteiger partial charge >= 0.3 is 0 Å². The number of hydrogen-bond donors (Lipinski definition) is 2.